The lowest BCUT2D eigenvalue weighted by Gasteiger charge is -2.30. The van der Waals surface area contributed by atoms with Crippen LogP contribution in [0.5, 0.6) is 0 Å². The second-order valence-electron chi connectivity index (χ2n) is 15.9. The topological polar surface area (TPSA) is 0 Å². The Morgan fingerprint density at radius 2 is 0.415 bits per heavy atom. The van der Waals surface area contributed by atoms with Crippen LogP contribution in [0, 0.1) is 0 Å². The first-order chi connectivity index (χ1) is 18.8. The molecule has 4 aromatic rings. The first-order valence-corrected chi connectivity index (χ1v) is 17.0. The predicted molar refractivity (Wildman–Crippen MR) is 186 cm³/mol. The van der Waals surface area contributed by atoms with Crippen molar-refractivity contribution in [3.05, 3.63) is 119 Å². The molecule has 0 saturated heterocycles. The number of benzene rings is 4. The molecule has 0 bridgehead atoms. The normalized spacial score (nSPS) is 13.4. The zero-order valence-corrected chi connectivity index (χ0v) is 28.6. The minimum absolute atomic E-state index is 0.108. The van der Waals surface area contributed by atoms with Crippen molar-refractivity contribution in [1.29, 1.82) is 0 Å². The molecule has 0 heterocycles. The van der Waals surface area contributed by atoms with Crippen LogP contribution in [-0.2, 0) is 21.7 Å². The monoisotopic (exact) mass is 563 g/mol. The van der Waals surface area contributed by atoms with Gasteiger partial charge < -0.3 is 0 Å². The van der Waals surface area contributed by atoms with Crippen LogP contribution >= 0.6 is 7.26 Å². The molecule has 0 N–H and O–H groups in total. The Morgan fingerprint density at radius 1 is 0.268 bits per heavy atom. The fourth-order valence-electron chi connectivity index (χ4n) is 5.63. The van der Waals surface area contributed by atoms with E-state index in [0.29, 0.717) is 0 Å². The van der Waals surface area contributed by atoms with Gasteiger partial charge in [-0.15, -0.1) is 0 Å². The third-order valence-corrected chi connectivity index (χ3v) is 12.8. The van der Waals surface area contributed by atoms with Crippen LogP contribution in [0.2, 0.25) is 0 Å². The molecule has 41 heavy (non-hydrogen) atoms. The van der Waals surface area contributed by atoms with E-state index in [1.54, 1.807) is 0 Å². The van der Waals surface area contributed by atoms with Crippen molar-refractivity contribution in [2.75, 3.05) is 0 Å². The molecule has 0 unspecified atom stereocenters. The molecule has 0 aliphatic heterocycles. The predicted octanol–water partition coefficient (Wildman–Crippen LogP) is 9.50. The summed E-state index contributed by atoms with van der Waals surface area (Å²) in [5, 5.41) is 5.61. The maximum atomic E-state index is 2.42. The summed E-state index contributed by atoms with van der Waals surface area (Å²) in [6.45, 7) is 27.6. The standard InChI is InChI=1S/C40H52P/c1-37(2,3)29-13-21-33(22-14-29)41(34-23-15-30(16-24-34)38(4,5)6,35-25-17-31(18-26-35)39(7,8)9)36-27-19-32(20-28-36)40(10,11)12/h13-28H,1-12H3/q+1. The average molecular weight is 564 g/mol. The van der Waals surface area contributed by atoms with E-state index in [1.807, 2.05) is 0 Å². The Hall–Kier alpha value is -2.69. The Balaban J connectivity index is 2.09. The molecule has 216 valence electrons. The van der Waals surface area contributed by atoms with Crippen molar-refractivity contribution in [2.24, 2.45) is 0 Å². The summed E-state index contributed by atoms with van der Waals surface area (Å²) in [7, 11) is -2.19. The minimum Gasteiger partial charge on any atom is -0.0561 e. The van der Waals surface area contributed by atoms with Gasteiger partial charge in [-0.2, -0.15) is 0 Å². The van der Waals surface area contributed by atoms with Gasteiger partial charge in [-0.1, -0.05) is 132 Å². The molecule has 0 aliphatic rings. The molecule has 0 aromatic heterocycles. The average Bonchev–Trinajstić information content (AvgIpc) is 2.88. The molecule has 0 radical (unpaired) electrons. The second-order valence-corrected chi connectivity index (χ2v) is 19.3. The SMILES string of the molecule is CC(C)(C)c1ccc([P+](c2ccc(C(C)(C)C)cc2)(c2ccc(C(C)(C)C)cc2)c2ccc(C(C)(C)C)cc2)cc1. The van der Waals surface area contributed by atoms with Gasteiger partial charge in [0.05, 0.1) is 0 Å². The van der Waals surface area contributed by atoms with Crippen LogP contribution in [0.25, 0.3) is 0 Å². The molecule has 0 saturated carbocycles. The first-order valence-electron chi connectivity index (χ1n) is 15.2. The van der Waals surface area contributed by atoms with Crippen molar-refractivity contribution in [3.8, 4) is 0 Å². The lowest BCUT2D eigenvalue weighted by Crippen LogP contribution is -2.39. The Labute approximate surface area is 252 Å². The first kappa shape index (κ1) is 31.3. The highest BCUT2D eigenvalue weighted by Gasteiger charge is 2.48. The molecule has 0 spiro atoms. The highest BCUT2D eigenvalue weighted by Crippen LogP contribution is 2.55. The smallest absolute Gasteiger partial charge is 0.0561 e. The minimum atomic E-state index is -2.19. The van der Waals surface area contributed by atoms with E-state index in [9.17, 15) is 0 Å². The molecule has 1 heteroatoms. The van der Waals surface area contributed by atoms with Crippen molar-refractivity contribution in [2.45, 2.75) is 105 Å². The summed E-state index contributed by atoms with van der Waals surface area (Å²) in [6, 6.07) is 38.2. The van der Waals surface area contributed by atoms with Crippen LogP contribution < -0.4 is 21.2 Å². The van der Waals surface area contributed by atoms with Crippen molar-refractivity contribution in [1.82, 2.24) is 0 Å². The lowest BCUT2D eigenvalue weighted by molar-refractivity contribution is 0.590. The zero-order chi connectivity index (χ0) is 30.4. The van der Waals surface area contributed by atoms with E-state index in [2.05, 4.69) is 180 Å². The van der Waals surface area contributed by atoms with Crippen LogP contribution in [0.3, 0.4) is 0 Å². The van der Waals surface area contributed by atoms with Crippen LogP contribution in [0.4, 0.5) is 0 Å². The third-order valence-electron chi connectivity index (χ3n) is 8.48. The Morgan fingerprint density at radius 3 is 0.537 bits per heavy atom. The molecule has 0 fully saturated rings. The molecular formula is C40H52P+. The van der Waals surface area contributed by atoms with Crippen molar-refractivity contribution in [3.63, 3.8) is 0 Å². The van der Waals surface area contributed by atoms with Crippen LogP contribution in [0.15, 0.2) is 97.1 Å². The summed E-state index contributed by atoms with van der Waals surface area (Å²) in [5.41, 5.74) is 5.91. The van der Waals surface area contributed by atoms with E-state index in [-0.39, 0.29) is 21.7 Å². The van der Waals surface area contributed by atoms with Crippen molar-refractivity contribution >= 4 is 28.5 Å². The lowest BCUT2D eigenvalue weighted by atomic mass is 9.87. The highest BCUT2D eigenvalue weighted by molar-refractivity contribution is 8.01. The number of hydrogen-bond donors (Lipinski definition) is 0. The quantitative estimate of drug-likeness (QED) is 0.217. The molecule has 4 aromatic carbocycles. The van der Waals surface area contributed by atoms with E-state index < -0.39 is 7.26 Å². The fourth-order valence-corrected chi connectivity index (χ4v) is 9.81. The number of hydrogen-bond acceptors (Lipinski definition) is 0. The third kappa shape index (κ3) is 6.39. The second kappa shape index (κ2) is 10.9. The van der Waals surface area contributed by atoms with Crippen molar-refractivity contribution < 1.29 is 0 Å². The maximum absolute atomic E-state index is 2.42. The van der Waals surface area contributed by atoms with Crippen LogP contribution in [-0.4, -0.2) is 0 Å². The van der Waals surface area contributed by atoms with E-state index in [1.165, 1.54) is 43.5 Å². The molecule has 0 atom stereocenters. The summed E-state index contributed by atoms with van der Waals surface area (Å²) >= 11 is 0. The van der Waals surface area contributed by atoms with Gasteiger partial charge in [0.2, 0.25) is 0 Å². The van der Waals surface area contributed by atoms with Crippen LogP contribution in [0.1, 0.15) is 105 Å². The van der Waals surface area contributed by atoms with Gasteiger partial charge in [0.1, 0.15) is 28.5 Å². The van der Waals surface area contributed by atoms with E-state index in [0.717, 1.165) is 0 Å². The molecule has 0 amide bonds. The fraction of sp³-hybridized carbons (Fsp3) is 0.400. The van der Waals surface area contributed by atoms with E-state index in [4.69, 9.17) is 0 Å². The summed E-state index contributed by atoms with van der Waals surface area (Å²) < 4.78 is 0. The zero-order valence-electron chi connectivity index (χ0n) is 27.7. The molecule has 4 rings (SSSR count). The Bertz CT molecular complexity index is 1210. The summed E-state index contributed by atoms with van der Waals surface area (Å²) in [6.07, 6.45) is 0. The molecular weight excluding hydrogens is 511 g/mol. The largest absolute Gasteiger partial charge is 0.144 e. The van der Waals surface area contributed by atoms with E-state index >= 15 is 0 Å². The van der Waals surface area contributed by atoms with Gasteiger partial charge in [-0.05, 0) is 92.4 Å². The summed E-state index contributed by atoms with van der Waals surface area (Å²) in [4.78, 5) is 0. The maximum Gasteiger partial charge on any atom is 0.144 e. The van der Waals surface area contributed by atoms with Gasteiger partial charge in [-0.25, -0.2) is 0 Å². The van der Waals surface area contributed by atoms with Gasteiger partial charge in [0.15, 0.2) is 0 Å². The van der Waals surface area contributed by atoms with Gasteiger partial charge in [0, 0.05) is 0 Å². The highest BCUT2D eigenvalue weighted by atomic mass is 31.2. The number of rotatable bonds is 4. The Kier molecular flexibility index (Phi) is 8.28. The van der Waals surface area contributed by atoms with Gasteiger partial charge in [-0.3, -0.25) is 0 Å². The van der Waals surface area contributed by atoms with Gasteiger partial charge >= 0.3 is 0 Å². The molecule has 0 nitrogen and oxygen atoms in total. The summed E-state index contributed by atoms with van der Waals surface area (Å²) in [5.74, 6) is 0. The molecule has 0 aliphatic carbocycles. The van der Waals surface area contributed by atoms with Gasteiger partial charge in [0.25, 0.3) is 0 Å².